The zero-order chi connectivity index (χ0) is 14.7. The van der Waals surface area contributed by atoms with Crippen LogP contribution in [0.25, 0.3) is 10.8 Å². The summed E-state index contributed by atoms with van der Waals surface area (Å²) in [7, 11) is 1.79. The lowest BCUT2D eigenvalue weighted by atomic mass is 9.87. The van der Waals surface area contributed by atoms with Crippen LogP contribution in [0.1, 0.15) is 43.7 Å². The minimum Gasteiger partial charge on any atom is -0.496 e. The lowest BCUT2D eigenvalue weighted by molar-refractivity contribution is 0.307. The number of methoxy groups -OCH3 is 1. The zero-order valence-corrected chi connectivity index (χ0v) is 13.1. The molecule has 21 heavy (non-hydrogen) atoms. The van der Waals surface area contributed by atoms with Gasteiger partial charge in [0.1, 0.15) is 11.5 Å². The minimum absolute atomic E-state index is 0.805. The molecule has 2 aromatic carbocycles. The van der Waals surface area contributed by atoms with Gasteiger partial charge in [-0.3, -0.25) is 0 Å². The van der Waals surface area contributed by atoms with E-state index in [0.717, 1.165) is 43.8 Å². The maximum atomic E-state index is 6.20. The second-order valence-corrected chi connectivity index (χ2v) is 5.77. The molecule has 0 radical (unpaired) electrons. The van der Waals surface area contributed by atoms with Gasteiger partial charge in [0.2, 0.25) is 0 Å². The fourth-order valence-corrected chi connectivity index (χ4v) is 3.33. The van der Waals surface area contributed by atoms with Crippen molar-refractivity contribution in [3.63, 3.8) is 0 Å². The van der Waals surface area contributed by atoms with Crippen molar-refractivity contribution < 1.29 is 9.47 Å². The Morgan fingerprint density at radius 2 is 1.57 bits per heavy atom. The smallest absolute Gasteiger partial charge is 0.130 e. The third-order valence-corrected chi connectivity index (χ3v) is 4.38. The van der Waals surface area contributed by atoms with Gasteiger partial charge < -0.3 is 9.47 Å². The van der Waals surface area contributed by atoms with Crippen LogP contribution in [0.4, 0.5) is 0 Å². The van der Waals surface area contributed by atoms with E-state index in [-0.39, 0.29) is 0 Å². The van der Waals surface area contributed by atoms with Crippen molar-refractivity contribution in [3.05, 3.63) is 35.4 Å². The predicted molar refractivity (Wildman–Crippen MR) is 87.5 cm³/mol. The second kappa shape index (κ2) is 6.38. The lowest BCUT2D eigenvalue weighted by Crippen LogP contribution is -2.10. The highest BCUT2D eigenvalue weighted by Gasteiger charge is 2.22. The average molecular weight is 284 g/mol. The molecule has 3 rings (SSSR count). The first-order valence-corrected chi connectivity index (χ1v) is 8.10. The molecule has 0 aliphatic heterocycles. The van der Waals surface area contributed by atoms with E-state index in [1.807, 2.05) is 0 Å². The molecule has 0 unspecified atom stereocenters. The van der Waals surface area contributed by atoms with Crippen LogP contribution in [-0.4, -0.2) is 13.7 Å². The van der Waals surface area contributed by atoms with Gasteiger partial charge in [-0.1, -0.05) is 37.6 Å². The van der Waals surface area contributed by atoms with E-state index in [2.05, 4.69) is 31.2 Å². The molecule has 0 amide bonds. The highest BCUT2D eigenvalue weighted by atomic mass is 16.5. The summed E-state index contributed by atoms with van der Waals surface area (Å²) < 4.78 is 12.0. The van der Waals surface area contributed by atoms with Crippen LogP contribution in [0, 0.1) is 0 Å². The van der Waals surface area contributed by atoms with Gasteiger partial charge in [0, 0.05) is 21.9 Å². The first kappa shape index (κ1) is 14.2. The molecule has 1 aliphatic carbocycles. The van der Waals surface area contributed by atoms with E-state index in [1.165, 1.54) is 34.7 Å². The van der Waals surface area contributed by atoms with Crippen LogP contribution in [0.5, 0.6) is 11.5 Å². The van der Waals surface area contributed by atoms with Crippen molar-refractivity contribution in [2.75, 3.05) is 13.7 Å². The summed E-state index contributed by atoms with van der Waals surface area (Å²) in [6.45, 7) is 3.00. The Bertz CT molecular complexity index is 631. The first-order chi connectivity index (χ1) is 10.4. The van der Waals surface area contributed by atoms with Gasteiger partial charge >= 0.3 is 0 Å². The Hall–Kier alpha value is -1.70. The van der Waals surface area contributed by atoms with Crippen molar-refractivity contribution >= 4 is 10.8 Å². The standard InChI is InChI=1S/C19H24O2/c1-3-4-13-21-19-16-11-7-5-9-14(16)18(20-2)15-10-6-8-12-17(15)19/h5,7,9,11H,3-4,6,8,10,12-13H2,1-2H3. The third-order valence-electron chi connectivity index (χ3n) is 4.38. The van der Waals surface area contributed by atoms with Crippen molar-refractivity contribution in [3.8, 4) is 11.5 Å². The Labute approximate surface area is 127 Å². The fraction of sp³-hybridized carbons (Fsp3) is 0.474. The van der Waals surface area contributed by atoms with Gasteiger partial charge in [-0.2, -0.15) is 0 Å². The van der Waals surface area contributed by atoms with Gasteiger partial charge in [0.05, 0.1) is 13.7 Å². The lowest BCUT2D eigenvalue weighted by Gasteiger charge is -2.24. The van der Waals surface area contributed by atoms with Crippen LogP contribution in [0.3, 0.4) is 0 Å². The largest absolute Gasteiger partial charge is 0.496 e. The summed E-state index contributed by atoms with van der Waals surface area (Å²) in [4.78, 5) is 0. The number of benzene rings is 2. The number of hydrogen-bond acceptors (Lipinski definition) is 2. The second-order valence-electron chi connectivity index (χ2n) is 5.77. The number of ether oxygens (including phenoxy) is 2. The van der Waals surface area contributed by atoms with Gasteiger partial charge in [-0.25, -0.2) is 0 Å². The summed E-state index contributed by atoms with van der Waals surface area (Å²) in [5.41, 5.74) is 2.75. The molecular weight excluding hydrogens is 260 g/mol. The zero-order valence-electron chi connectivity index (χ0n) is 13.1. The van der Waals surface area contributed by atoms with Crippen molar-refractivity contribution in [1.82, 2.24) is 0 Å². The van der Waals surface area contributed by atoms with Crippen LogP contribution in [0.15, 0.2) is 24.3 Å². The molecule has 1 aliphatic rings. The molecule has 2 aromatic rings. The summed E-state index contributed by atoms with van der Waals surface area (Å²) in [5.74, 6) is 2.16. The monoisotopic (exact) mass is 284 g/mol. The molecule has 0 aromatic heterocycles. The molecule has 0 saturated carbocycles. The van der Waals surface area contributed by atoms with Gasteiger partial charge in [-0.05, 0) is 32.1 Å². The topological polar surface area (TPSA) is 18.5 Å². The molecule has 0 N–H and O–H groups in total. The normalized spacial score (nSPS) is 14.0. The Morgan fingerprint density at radius 3 is 2.19 bits per heavy atom. The van der Waals surface area contributed by atoms with Crippen LogP contribution < -0.4 is 9.47 Å². The molecule has 0 saturated heterocycles. The van der Waals surface area contributed by atoms with Crippen LogP contribution >= 0.6 is 0 Å². The highest BCUT2D eigenvalue weighted by Crippen LogP contribution is 2.43. The quantitative estimate of drug-likeness (QED) is 0.727. The Balaban J connectivity index is 2.18. The van der Waals surface area contributed by atoms with Gasteiger partial charge in [0.15, 0.2) is 0 Å². The minimum atomic E-state index is 0.805. The number of unbranched alkanes of at least 4 members (excludes halogenated alkanes) is 1. The molecule has 2 nitrogen and oxygen atoms in total. The average Bonchev–Trinajstić information content (AvgIpc) is 2.54. The summed E-state index contributed by atoms with van der Waals surface area (Å²) >= 11 is 0. The molecule has 0 bridgehead atoms. The first-order valence-electron chi connectivity index (χ1n) is 8.10. The van der Waals surface area contributed by atoms with Crippen molar-refractivity contribution in [2.24, 2.45) is 0 Å². The van der Waals surface area contributed by atoms with E-state index in [0.29, 0.717) is 0 Å². The summed E-state index contributed by atoms with van der Waals surface area (Å²) in [5, 5.41) is 2.39. The maximum absolute atomic E-state index is 6.20. The SMILES string of the molecule is CCCCOc1c2c(c(OC)c3ccccc13)CCCC2. The number of fused-ring (bicyclic) bond motifs is 2. The summed E-state index contributed by atoms with van der Waals surface area (Å²) in [6.07, 6.45) is 6.98. The number of hydrogen-bond donors (Lipinski definition) is 0. The molecule has 2 heteroatoms. The van der Waals surface area contributed by atoms with E-state index < -0.39 is 0 Å². The number of rotatable bonds is 5. The van der Waals surface area contributed by atoms with E-state index in [1.54, 1.807) is 7.11 Å². The molecule has 0 atom stereocenters. The molecular formula is C19H24O2. The molecule has 0 heterocycles. The van der Waals surface area contributed by atoms with Gasteiger partial charge in [-0.15, -0.1) is 0 Å². The fourth-order valence-electron chi connectivity index (χ4n) is 3.33. The Morgan fingerprint density at radius 1 is 0.952 bits per heavy atom. The highest BCUT2D eigenvalue weighted by molar-refractivity contribution is 5.96. The van der Waals surface area contributed by atoms with Crippen molar-refractivity contribution in [1.29, 1.82) is 0 Å². The van der Waals surface area contributed by atoms with E-state index in [9.17, 15) is 0 Å². The third kappa shape index (κ3) is 2.59. The van der Waals surface area contributed by atoms with Crippen LogP contribution in [-0.2, 0) is 12.8 Å². The molecule has 0 spiro atoms. The van der Waals surface area contributed by atoms with Crippen molar-refractivity contribution in [2.45, 2.75) is 45.4 Å². The maximum Gasteiger partial charge on any atom is 0.130 e. The Kier molecular flexibility index (Phi) is 4.33. The van der Waals surface area contributed by atoms with Crippen LogP contribution in [0.2, 0.25) is 0 Å². The predicted octanol–water partition coefficient (Wildman–Crippen LogP) is 4.91. The van der Waals surface area contributed by atoms with Gasteiger partial charge in [0.25, 0.3) is 0 Å². The summed E-state index contributed by atoms with van der Waals surface area (Å²) in [6, 6.07) is 8.48. The van der Waals surface area contributed by atoms with E-state index in [4.69, 9.17) is 9.47 Å². The molecule has 112 valence electrons. The van der Waals surface area contributed by atoms with E-state index >= 15 is 0 Å². The molecule has 0 fully saturated rings.